The third kappa shape index (κ3) is 5.39. The summed E-state index contributed by atoms with van der Waals surface area (Å²) >= 11 is 1.65. The lowest BCUT2D eigenvalue weighted by atomic mass is 10.2. The topological polar surface area (TPSA) is 58.2 Å². The van der Waals surface area contributed by atoms with Crippen molar-refractivity contribution < 1.29 is 9.59 Å². The zero-order valence-corrected chi connectivity index (χ0v) is 12.5. The highest BCUT2D eigenvalue weighted by molar-refractivity contribution is 7.07. The summed E-state index contributed by atoms with van der Waals surface area (Å²) in [5.74, 6) is -0.194. The Labute approximate surface area is 128 Å². The molecule has 0 aliphatic rings. The molecule has 0 aliphatic carbocycles. The molecule has 0 unspecified atom stereocenters. The molecule has 1 heterocycles. The van der Waals surface area contributed by atoms with Crippen molar-refractivity contribution in [2.24, 2.45) is 0 Å². The van der Waals surface area contributed by atoms with Crippen molar-refractivity contribution in [2.45, 2.75) is 12.8 Å². The van der Waals surface area contributed by atoms with Gasteiger partial charge in [0.2, 0.25) is 5.91 Å². The minimum absolute atomic E-state index is 0.0430. The molecule has 0 aliphatic heterocycles. The predicted molar refractivity (Wildman–Crippen MR) is 84.4 cm³/mol. The average molecular weight is 302 g/mol. The number of carbonyl (C=O) groups excluding carboxylic acids is 2. The van der Waals surface area contributed by atoms with Gasteiger partial charge < -0.3 is 10.6 Å². The van der Waals surface area contributed by atoms with Crippen LogP contribution in [0.1, 0.15) is 22.3 Å². The molecule has 4 nitrogen and oxygen atoms in total. The predicted octanol–water partition coefficient (Wildman–Crippen LogP) is 2.23. The maximum Gasteiger partial charge on any atom is 0.251 e. The Kier molecular flexibility index (Phi) is 5.97. The second-order valence-electron chi connectivity index (χ2n) is 4.60. The van der Waals surface area contributed by atoms with Crippen LogP contribution in [0.25, 0.3) is 0 Å². The number of amides is 2. The highest BCUT2D eigenvalue weighted by Crippen LogP contribution is 2.05. The molecule has 2 rings (SSSR count). The van der Waals surface area contributed by atoms with Crippen molar-refractivity contribution in [3.05, 3.63) is 58.3 Å². The molecule has 2 aromatic rings. The van der Waals surface area contributed by atoms with E-state index in [9.17, 15) is 9.59 Å². The van der Waals surface area contributed by atoms with Gasteiger partial charge in [-0.15, -0.1) is 0 Å². The van der Waals surface area contributed by atoms with Crippen LogP contribution in [0.15, 0.2) is 47.2 Å². The number of nitrogens with one attached hydrogen (secondary N) is 2. The number of hydrogen-bond acceptors (Lipinski definition) is 3. The van der Waals surface area contributed by atoms with Crippen molar-refractivity contribution >= 4 is 23.2 Å². The normalized spacial score (nSPS) is 10.1. The molecular formula is C16H18N2O2S. The van der Waals surface area contributed by atoms with E-state index in [1.807, 2.05) is 23.6 Å². The minimum atomic E-state index is -0.151. The van der Waals surface area contributed by atoms with Gasteiger partial charge >= 0.3 is 0 Å². The van der Waals surface area contributed by atoms with Crippen LogP contribution >= 0.6 is 11.3 Å². The van der Waals surface area contributed by atoms with Crippen molar-refractivity contribution in [1.29, 1.82) is 0 Å². The molecule has 0 saturated carbocycles. The van der Waals surface area contributed by atoms with Gasteiger partial charge in [0, 0.05) is 25.1 Å². The van der Waals surface area contributed by atoms with E-state index >= 15 is 0 Å². The summed E-state index contributed by atoms with van der Waals surface area (Å²) in [6, 6.07) is 11.0. The van der Waals surface area contributed by atoms with Crippen LogP contribution < -0.4 is 10.6 Å². The second-order valence-corrected chi connectivity index (χ2v) is 5.38. The van der Waals surface area contributed by atoms with E-state index in [1.54, 1.807) is 23.5 Å². The molecule has 110 valence electrons. The van der Waals surface area contributed by atoms with Crippen molar-refractivity contribution in [3.63, 3.8) is 0 Å². The quantitative estimate of drug-likeness (QED) is 0.824. The number of carbonyl (C=O) groups is 2. The Balaban J connectivity index is 1.60. The van der Waals surface area contributed by atoms with Crippen LogP contribution in [0.2, 0.25) is 0 Å². The number of thiophene rings is 1. The first-order valence-electron chi connectivity index (χ1n) is 6.87. The fourth-order valence-electron chi connectivity index (χ4n) is 1.85. The molecule has 21 heavy (non-hydrogen) atoms. The van der Waals surface area contributed by atoms with Gasteiger partial charge in [0.25, 0.3) is 5.91 Å². The summed E-state index contributed by atoms with van der Waals surface area (Å²) in [6.45, 7) is 0.972. The van der Waals surface area contributed by atoms with Crippen LogP contribution in [0.3, 0.4) is 0 Å². The summed E-state index contributed by atoms with van der Waals surface area (Å²) in [5.41, 5.74) is 1.84. The smallest absolute Gasteiger partial charge is 0.251 e. The van der Waals surface area contributed by atoms with E-state index in [-0.39, 0.29) is 11.8 Å². The van der Waals surface area contributed by atoms with Crippen molar-refractivity contribution in [2.75, 3.05) is 13.1 Å². The average Bonchev–Trinajstić information content (AvgIpc) is 3.01. The van der Waals surface area contributed by atoms with Gasteiger partial charge in [0.05, 0.1) is 0 Å². The summed E-state index contributed by atoms with van der Waals surface area (Å²) in [4.78, 5) is 23.4. The number of benzene rings is 1. The maximum atomic E-state index is 11.8. The standard InChI is InChI=1S/C16H18N2O2S/c19-15(17-9-6-13-8-11-21-12-13)7-10-18-16(20)14-4-2-1-3-5-14/h1-5,8,11-12H,6-7,9-10H2,(H,17,19)(H,18,20). The van der Waals surface area contributed by atoms with Crippen LogP contribution in [0.4, 0.5) is 0 Å². The van der Waals surface area contributed by atoms with Crippen LogP contribution in [-0.4, -0.2) is 24.9 Å². The zero-order valence-electron chi connectivity index (χ0n) is 11.7. The highest BCUT2D eigenvalue weighted by Gasteiger charge is 2.05. The van der Waals surface area contributed by atoms with Gasteiger partial charge in [-0.3, -0.25) is 9.59 Å². The van der Waals surface area contributed by atoms with Crippen molar-refractivity contribution in [3.8, 4) is 0 Å². The first-order valence-corrected chi connectivity index (χ1v) is 7.81. The molecule has 0 spiro atoms. The van der Waals surface area contributed by atoms with Gasteiger partial charge in [-0.2, -0.15) is 11.3 Å². The first-order chi connectivity index (χ1) is 10.3. The summed E-state index contributed by atoms with van der Waals surface area (Å²) in [6.07, 6.45) is 1.13. The molecule has 1 aromatic heterocycles. The van der Waals surface area contributed by atoms with Gasteiger partial charge in [-0.25, -0.2) is 0 Å². The SMILES string of the molecule is O=C(CCNC(=O)c1ccccc1)NCCc1ccsc1. The molecule has 0 bridgehead atoms. The van der Waals surface area contributed by atoms with E-state index in [2.05, 4.69) is 22.1 Å². The Morgan fingerprint density at radius 1 is 1.00 bits per heavy atom. The fourth-order valence-corrected chi connectivity index (χ4v) is 2.55. The van der Waals surface area contributed by atoms with Crippen LogP contribution in [0, 0.1) is 0 Å². The molecule has 0 saturated heterocycles. The minimum Gasteiger partial charge on any atom is -0.356 e. The third-order valence-corrected chi connectivity index (χ3v) is 3.72. The van der Waals surface area contributed by atoms with Gasteiger partial charge in [0.1, 0.15) is 0 Å². The van der Waals surface area contributed by atoms with Gasteiger partial charge in [-0.1, -0.05) is 18.2 Å². The summed E-state index contributed by atoms with van der Waals surface area (Å²) in [5, 5.41) is 9.68. The molecular weight excluding hydrogens is 284 g/mol. The summed E-state index contributed by atoms with van der Waals surface area (Å²) < 4.78 is 0. The van der Waals surface area contributed by atoms with E-state index in [0.29, 0.717) is 25.1 Å². The first kappa shape index (κ1) is 15.3. The summed E-state index contributed by atoms with van der Waals surface area (Å²) in [7, 11) is 0. The van der Waals surface area contributed by atoms with Gasteiger partial charge in [-0.05, 0) is 40.9 Å². The molecule has 2 amide bonds. The van der Waals surface area contributed by atoms with Crippen LogP contribution in [0.5, 0.6) is 0 Å². The lowest BCUT2D eigenvalue weighted by Crippen LogP contribution is -2.31. The molecule has 0 atom stereocenters. The molecule has 1 aromatic carbocycles. The maximum absolute atomic E-state index is 11.8. The monoisotopic (exact) mass is 302 g/mol. The highest BCUT2D eigenvalue weighted by atomic mass is 32.1. The Hall–Kier alpha value is -2.14. The largest absolute Gasteiger partial charge is 0.356 e. The lowest BCUT2D eigenvalue weighted by Gasteiger charge is -2.06. The fraction of sp³-hybridized carbons (Fsp3) is 0.250. The van der Waals surface area contributed by atoms with E-state index < -0.39 is 0 Å². The molecule has 0 fully saturated rings. The zero-order chi connectivity index (χ0) is 14.9. The Morgan fingerprint density at radius 3 is 2.52 bits per heavy atom. The second kappa shape index (κ2) is 8.21. The molecule has 5 heteroatoms. The van der Waals surface area contributed by atoms with Crippen LogP contribution in [-0.2, 0) is 11.2 Å². The van der Waals surface area contributed by atoms with E-state index in [0.717, 1.165) is 6.42 Å². The number of rotatable bonds is 7. The van der Waals surface area contributed by atoms with Gasteiger partial charge in [0.15, 0.2) is 0 Å². The molecule has 2 N–H and O–H groups in total. The number of hydrogen-bond donors (Lipinski definition) is 2. The van der Waals surface area contributed by atoms with E-state index in [4.69, 9.17) is 0 Å². The van der Waals surface area contributed by atoms with E-state index in [1.165, 1.54) is 5.56 Å². The lowest BCUT2D eigenvalue weighted by molar-refractivity contribution is -0.120. The Morgan fingerprint density at radius 2 is 1.81 bits per heavy atom. The Bertz CT molecular complexity index is 567. The van der Waals surface area contributed by atoms with Crippen molar-refractivity contribution in [1.82, 2.24) is 10.6 Å². The third-order valence-electron chi connectivity index (χ3n) is 2.99. The molecule has 0 radical (unpaired) electrons.